The van der Waals surface area contributed by atoms with E-state index in [1.165, 1.54) is 17.0 Å². The molecule has 1 aromatic heterocycles. The van der Waals surface area contributed by atoms with Gasteiger partial charge >= 0.3 is 6.18 Å². The van der Waals surface area contributed by atoms with Crippen LogP contribution in [0.5, 0.6) is 0 Å². The molecule has 0 bridgehead atoms. The molecule has 0 aliphatic carbocycles. The van der Waals surface area contributed by atoms with Gasteiger partial charge in [-0.15, -0.1) is 10.2 Å². The molecule has 2 heterocycles. The van der Waals surface area contributed by atoms with E-state index in [0.717, 1.165) is 30.3 Å². The molecule has 1 fully saturated rings. The lowest BCUT2D eigenvalue weighted by molar-refractivity contribution is -0.931. The highest BCUT2D eigenvalue weighted by atomic mass is 19.4. The monoisotopic (exact) mass is 417 g/mol. The normalized spacial score (nSPS) is 16.6. The zero-order valence-corrected chi connectivity index (χ0v) is 16.9. The van der Waals surface area contributed by atoms with Crippen LogP contribution < -0.4 is 9.80 Å². The molecule has 1 saturated heterocycles. The number of quaternary nitrogens is 1. The molecule has 1 atom stereocenters. The first-order valence-corrected chi connectivity index (χ1v) is 9.98. The second kappa shape index (κ2) is 8.10. The zero-order chi connectivity index (χ0) is 21.3. The van der Waals surface area contributed by atoms with Crippen LogP contribution in [0.25, 0.3) is 11.5 Å². The van der Waals surface area contributed by atoms with Crippen molar-refractivity contribution in [3.05, 3.63) is 65.5 Å². The van der Waals surface area contributed by atoms with Gasteiger partial charge in [0.15, 0.2) is 6.04 Å². The smallest absolute Gasteiger partial charge is 0.415 e. The van der Waals surface area contributed by atoms with Crippen LogP contribution >= 0.6 is 0 Å². The van der Waals surface area contributed by atoms with E-state index in [-0.39, 0.29) is 6.04 Å². The Kier molecular flexibility index (Phi) is 5.51. The van der Waals surface area contributed by atoms with Crippen LogP contribution in [0.4, 0.5) is 18.9 Å². The van der Waals surface area contributed by atoms with E-state index in [1.807, 2.05) is 43.0 Å². The number of halogens is 3. The molecule has 0 radical (unpaired) electrons. The molecule has 0 spiro atoms. The van der Waals surface area contributed by atoms with Gasteiger partial charge in [0.2, 0.25) is 5.89 Å². The van der Waals surface area contributed by atoms with E-state index in [4.69, 9.17) is 4.42 Å². The second-order valence-corrected chi connectivity index (χ2v) is 7.73. The fourth-order valence-corrected chi connectivity index (χ4v) is 3.84. The predicted octanol–water partition coefficient (Wildman–Crippen LogP) is 3.53. The molecule has 158 valence electrons. The first-order valence-electron chi connectivity index (χ1n) is 9.98. The third-order valence-corrected chi connectivity index (χ3v) is 5.63. The van der Waals surface area contributed by atoms with Crippen molar-refractivity contribution in [1.82, 2.24) is 10.2 Å². The number of rotatable bonds is 4. The zero-order valence-electron chi connectivity index (χ0n) is 16.9. The summed E-state index contributed by atoms with van der Waals surface area (Å²) in [6, 6.07) is 13.4. The van der Waals surface area contributed by atoms with Gasteiger partial charge in [0.1, 0.15) is 0 Å². The first kappa shape index (κ1) is 20.4. The Morgan fingerprint density at radius 2 is 1.77 bits per heavy atom. The van der Waals surface area contributed by atoms with Gasteiger partial charge in [-0.1, -0.05) is 23.8 Å². The van der Waals surface area contributed by atoms with Gasteiger partial charge in [0, 0.05) is 11.3 Å². The van der Waals surface area contributed by atoms with Crippen LogP contribution in [0, 0.1) is 6.92 Å². The lowest BCUT2D eigenvalue weighted by atomic mass is 10.1. The number of alkyl halides is 3. The predicted molar refractivity (Wildman–Crippen MR) is 107 cm³/mol. The summed E-state index contributed by atoms with van der Waals surface area (Å²) >= 11 is 0. The molecule has 30 heavy (non-hydrogen) atoms. The van der Waals surface area contributed by atoms with E-state index < -0.39 is 11.7 Å². The van der Waals surface area contributed by atoms with Crippen molar-refractivity contribution in [1.29, 1.82) is 0 Å². The molecule has 0 saturated carbocycles. The maximum absolute atomic E-state index is 13.0. The third kappa shape index (κ3) is 4.33. The highest BCUT2D eigenvalue weighted by Crippen LogP contribution is 2.31. The third-order valence-electron chi connectivity index (χ3n) is 5.63. The summed E-state index contributed by atoms with van der Waals surface area (Å²) in [5.74, 6) is 1.08. The highest BCUT2D eigenvalue weighted by molar-refractivity contribution is 5.53. The molecule has 4 rings (SSSR count). The van der Waals surface area contributed by atoms with Gasteiger partial charge < -0.3 is 14.2 Å². The fourth-order valence-electron chi connectivity index (χ4n) is 3.84. The minimum Gasteiger partial charge on any atom is -0.415 e. The Morgan fingerprint density at radius 3 is 2.47 bits per heavy atom. The van der Waals surface area contributed by atoms with Crippen molar-refractivity contribution in [3.8, 4) is 11.5 Å². The summed E-state index contributed by atoms with van der Waals surface area (Å²) < 4.78 is 44.9. The highest BCUT2D eigenvalue weighted by Gasteiger charge is 2.32. The quantitative estimate of drug-likeness (QED) is 0.706. The Balaban J connectivity index is 1.41. The van der Waals surface area contributed by atoms with Crippen molar-refractivity contribution in [2.45, 2.75) is 26.1 Å². The lowest BCUT2D eigenvalue weighted by Crippen LogP contribution is -3.14. The van der Waals surface area contributed by atoms with Crippen molar-refractivity contribution >= 4 is 5.69 Å². The summed E-state index contributed by atoms with van der Waals surface area (Å²) in [6.45, 7) is 6.94. The van der Waals surface area contributed by atoms with E-state index in [9.17, 15) is 13.2 Å². The van der Waals surface area contributed by atoms with Gasteiger partial charge in [0.25, 0.3) is 5.89 Å². The molecular weight excluding hydrogens is 393 g/mol. The van der Waals surface area contributed by atoms with Gasteiger partial charge in [0.05, 0.1) is 31.7 Å². The molecule has 0 unspecified atom stereocenters. The van der Waals surface area contributed by atoms with E-state index in [1.54, 1.807) is 6.07 Å². The fraction of sp³-hybridized carbons (Fsp3) is 0.364. The van der Waals surface area contributed by atoms with Gasteiger partial charge in [-0.3, -0.25) is 0 Å². The molecule has 3 aromatic rings. The van der Waals surface area contributed by atoms with Crippen LogP contribution in [-0.4, -0.2) is 36.4 Å². The molecule has 1 N–H and O–H groups in total. The van der Waals surface area contributed by atoms with Crippen LogP contribution in [0.15, 0.2) is 52.9 Å². The Bertz CT molecular complexity index is 1010. The van der Waals surface area contributed by atoms with Crippen molar-refractivity contribution in [3.63, 3.8) is 0 Å². The number of hydrogen-bond donors (Lipinski definition) is 1. The van der Waals surface area contributed by atoms with Gasteiger partial charge in [-0.2, -0.15) is 13.2 Å². The molecule has 1 aliphatic rings. The average molecular weight is 417 g/mol. The Hall–Kier alpha value is -2.87. The minimum absolute atomic E-state index is 0.0136. The van der Waals surface area contributed by atoms with E-state index in [2.05, 4.69) is 10.2 Å². The van der Waals surface area contributed by atoms with Crippen LogP contribution in [-0.2, 0) is 6.18 Å². The molecule has 8 heteroatoms. The average Bonchev–Trinajstić information content (AvgIpc) is 3.23. The maximum atomic E-state index is 13.0. The number of hydrogen-bond acceptors (Lipinski definition) is 4. The standard InChI is InChI=1S/C22H23F3N4O/c1-15-5-3-6-17(13-15)21-27-26-20(30-21)16(2)28-9-11-29(12-10-28)19-8-4-7-18(14-19)22(23,24)25/h3-8,13-14,16H,9-12H2,1-2H3/p+1/t16-/m1/s1. The molecule has 1 aliphatic heterocycles. The van der Waals surface area contributed by atoms with Gasteiger partial charge in [-0.25, -0.2) is 0 Å². The number of aryl methyl sites for hydroxylation is 1. The number of anilines is 1. The van der Waals surface area contributed by atoms with Crippen molar-refractivity contribution in [2.75, 3.05) is 31.1 Å². The minimum atomic E-state index is -4.33. The molecule has 5 nitrogen and oxygen atoms in total. The van der Waals surface area contributed by atoms with Crippen molar-refractivity contribution < 1.29 is 22.5 Å². The SMILES string of the molecule is Cc1cccc(-c2nnc([C@@H](C)[NH+]3CCN(c4cccc(C(F)(F)F)c4)CC3)o2)c1. The summed E-state index contributed by atoms with van der Waals surface area (Å²) in [6.07, 6.45) is -4.33. The molecule has 2 aromatic carbocycles. The maximum Gasteiger partial charge on any atom is 0.416 e. The van der Waals surface area contributed by atoms with Gasteiger partial charge in [-0.05, 0) is 44.2 Å². The summed E-state index contributed by atoms with van der Waals surface area (Å²) in [5.41, 5.74) is 2.01. The summed E-state index contributed by atoms with van der Waals surface area (Å²) in [5, 5.41) is 8.43. The summed E-state index contributed by atoms with van der Waals surface area (Å²) in [4.78, 5) is 3.27. The summed E-state index contributed by atoms with van der Waals surface area (Å²) in [7, 11) is 0. The number of nitrogens with zero attached hydrogens (tertiary/aromatic N) is 3. The van der Waals surface area contributed by atoms with Crippen LogP contribution in [0.1, 0.15) is 30.0 Å². The molecular formula is C22H24F3N4O+. The lowest BCUT2D eigenvalue weighted by Gasteiger charge is -2.35. The number of nitrogens with one attached hydrogen (secondary N) is 1. The largest absolute Gasteiger partial charge is 0.416 e. The number of aromatic nitrogens is 2. The Morgan fingerprint density at radius 1 is 1.03 bits per heavy atom. The molecule has 0 amide bonds. The number of benzene rings is 2. The number of piperazine rings is 1. The van der Waals surface area contributed by atoms with E-state index >= 15 is 0 Å². The van der Waals surface area contributed by atoms with Crippen molar-refractivity contribution in [2.24, 2.45) is 0 Å². The topological polar surface area (TPSA) is 46.6 Å². The van der Waals surface area contributed by atoms with Crippen LogP contribution in [0.2, 0.25) is 0 Å². The van der Waals surface area contributed by atoms with E-state index in [0.29, 0.717) is 30.6 Å². The first-order chi connectivity index (χ1) is 14.3. The Labute approximate surface area is 173 Å². The second-order valence-electron chi connectivity index (χ2n) is 7.73. The van der Waals surface area contributed by atoms with Crippen LogP contribution in [0.3, 0.4) is 0 Å².